The van der Waals surface area contributed by atoms with Gasteiger partial charge < -0.3 is 18.9 Å². The number of quaternary nitrogens is 1. The van der Waals surface area contributed by atoms with Gasteiger partial charge in [0.25, 0.3) is 0 Å². The summed E-state index contributed by atoms with van der Waals surface area (Å²) in [5.41, 5.74) is 0. The fraction of sp³-hybridized carbons (Fsp3) is 0.561. The number of phosphoric acid groups is 1. The summed E-state index contributed by atoms with van der Waals surface area (Å²) in [5.74, 6) is -0.836. The van der Waals surface area contributed by atoms with E-state index in [1.807, 2.05) is 21.1 Å². The normalized spacial score (nSPS) is 14.4. The Kier molecular flexibility index (Phi) is 65.8. The van der Waals surface area contributed by atoms with Crippen LogP contribution in [0.3, 0.4) is 0 Å². The molecule has 9 nitrogen and oxygen atoms in total. The van der Waals surface area contributed by atoms with Crippen molar-refractivity contribution in [1.29, 1.82) is 0 Å². The Morgan fingerprint density at radius 2 is 0.587 bits per heavy atom. The van der Waals surface area contributed by atoms with E-state index in [0.717, 1.165) is 180 Å². The van der Waals surface area contributed by atoms with Crippen molar-refractivity contribution in [1.82, 2.24) is 0 Å². The van der Waals surface area contributed by atoms with Crippen molar-refractivity contribution in [2.75, 3.05) is 47.5 Å². The molecule has 2 atom stereocenters. The van der Waals surface area contributed by atoms with Crippen LogP contribution in [-0.4, -0.2) is 74.9 Å². The Balaban J connectivity index is 4.19. The summed E-state index contributed by atoms with van der Waals surface area (Å²) in [4.78, 5) is 35.9. The molecule has 1 N–H and O–H groups in total. The summed E-state index contributed by atoms with van der Waals surface area (Å²) in [6.45, 7) is 4.16. The topological polar surface area (TPSA) is 108 Å². The van der Waals surface area contributed by atoms with Crippen LogP contribution in [0.15, 0.2) is 207 Å². The molecule has 0 aliphatic heterocycles. The average molecular weight is 1290 g/mol. The number of ether oxygens (including phenoxy) is 2. The molecule has 0 aromatic carbocycles. The number of carbonyl (C=O) groups excluding carboxylic acids is 2. The molecule has 516 valence electrons. The first-order chi connectivity index (χ1) is 45.0. The van der Waals surface area contributed by atoms with Gasteiger partial charge in [0.1, 0.15) is 19.8 Å². The van der Waals surface area contributed by atoms with Crippen molar-refractivity contribution in [2.24, 2.45) is 0 Å². The lowest BCUT2D eigenvalue weighted by Crippen LogP contribution is -2.37. The summed E-state index contributed by atoms with van der Waals surface area (Å²) in [5, 5.41) is 0. The van der Waals surface area contributed by atoms with Crippen molar-refractivity contribution in [2.45, 2.75) is 251 Å². The zero-order valence-electron chi connectivity index (χ0n) is 58.7. The Morgan fingerprint density at radius 3 is 0.870 bits per heavy atom. The molecule has 0 rings (SSSR count). The van der Waals surface area contributed by atoms with Gasteiger partial charge in [0.15, 0.2) is 6.10 Å². The van der Waals surface area contributed by atoms with Crippen LogP contribution < -0.4 is 0 Å². The number of phosphoric ester groups is 1. The Labute approximate surface area is 564 Å². The molecule has 0 fully saturated rings. The molecular weight excluding hydrogens is 1160 g/mol. The molecule has 0 aromatic rings. The lowest BCUT2D eigenvalue weighted by Gasteiger charge is -2.24. The van der Waals surface area contributed by atoms with Crippen molar-refractivity contribution in [3.8, 4) is 0 Å². The fourth-order valence-corrected chi connectivity index (χ4v) is 9.65. The van der Waals surface area contributed by atoms with Crippen LogP contribution in [0.5, 0.6) is 0 Å². The third kappa shape index (κ3) is 73.6. The maximum absolute atomic E-state index is 12.9. The predicted octanol–water partition coefficient (Wildman–Crippen LogP) is 23.8. The number of esters is 2. The van der Waals surface area contributed by atoms with Crippen LogP contribution in [0.4, 0.5) is 0 Å². The van der Waals surface area contributed by atoms with E-state index in [0.29, 0.717) is 17.4 Å². The van der Waals surface area contributed by atoms with Crippen LogP contribution in [0.1, 0.15) is 245 Å². The molecule has 0 radical (unpaired) electrons. The van der Waals surface area contributed by atoms with E-state index in [9.17, 15) is 19.0 Å². The standard InChI is InChI=1S/C82H130NO8P/c1-6-8-10-12-14-16-18-20-22-24-26-28-30-32-34-36-38-39-40-41-42-43-45-47-49-51-53-55-57-59-61-63-65-67-69-71-73-75-82(85)91-80(79-90-92(86,87)89-77-76-83(3,4)5)78-88-81(84)74-72-70-68-66-64-62-60-58-56-54-52-50-48-46-44-37-35-33-31-29-27-25-23-21-19-17-15-13-11-9-7-2/h8-11,14-17,20-23,26-29,32-35,38-39,41-42,44-47,50-53,57,59,80H,6-7,12-13,18-19,24-25,30-31,36-37,40,43,48-49,54-56,58,60-79H2,1-5H3/p+1/b10-8-,11-9-,16-14-,17-15-,22-20-,23-21-,28-26-,29-27-,34-32-,35-33-,39-38-,42-41-,46-44-,47-45-,52-50-,53-51-,59-57-. The number of carbonyl (C=O) groups is 2. The molecule has 92 heavy (non-hydrogen) atoms. The Bertz CT molecular complexity index is 2310. The van der Waals surface area contributed by atoms with Gasteiger partial charge in [-0.3, -0.25) is 18.6 Å². The molecule has 0 spiro atoms. The van der Waals surface area contributed by atoms with Gasteiger partial charge in [-0.15, -0.1) is 0 Å². The molecule has 0 bridgehead atoms. The number of rotatable bonds is 63. The van der Waals surface area contributed by atoms with Crippen LogP contribution in [0, 0.1) is 0 Å². The predicted molar refractivity (Wildman–Crippen MR) is 398 cm³/mol. The van der Waals surface area contributed by atoms with Crippen molar-refractivity contribution < 1.29 is 42.1 Å². The summed E-state index contributed by atoms with van der Waals surface area (Å²) in [7, 11) is 1.43. The van der Waals surface area contributed by atoms with Crippen LogP contribution in [0.2, 0.25) is 0 Å². The second-order valence-corrected chi connectivity index (χ2v) is 25.6. The minimum Gasteiger partial charge on any atom is -0.462 e. The highest BCUT2D eigenvalue weighted by molar-refractivity contribution is 7.47. The van der Waals surface area contributed by atoms with E-state index < -0.39 is 26.5 Å². The maximum atomic E-state index is 12.9. The molecule has 10 heteroatoms. The third-order valence-electron chi connectivity index (χ3n) is 14.3. The molecule has 0 aliphatic carbocycles. The van der Waals surface area contributed by atoms with Gasteiger partial charge >= 0.3 is 19.8 Å². The van der Waals surface area contributed by atoms with Gasteiger partial charge in [-0.2, -0.15) is 0 Å². The second kappa shape index (κ2) is 69.9. The number of likely N-dealkylation sites (N-methyl/N-ethyl adjacent to an activating group) is 1. The summed E-state index contributed by atoms with van der Waals surface area (Å²) >= 11 is 0. The molecular formula is C82H131NO8P+. The van der Waals surface area contributed by atoms with Gasteiger partial charge in [0, 0.05) is 12.8 Å². The minimum absolute atomic E-state index is 0.0158. The van der Waals surface area contributed by atoms with E-state index in [1.165, 1.54) is 32.1 Å². The molecule has 0 saturated heterocycles. The molecule has 0 saturated carbocycles. The van der Waals surface area contributed by atoms with E-state index in [-0.39, 0.29) is 32.0 Å². The van der Waals surface area contributed by atoms with Crippen LogP contribution in [0.25, 0.3) is 0 Å². The Hall–Kier alpha value is -5.41. The number of unbranched alkanes of at least 4 members (excludes halogenated alkanes) is 15. The monoisotopic (exact) mass is 1290 g/mol. The second-order valence-electron chi connectivity index (χ2n) is 24.2. The van der Waals surface area contributed by atoms with Gasteiger partial charge in [-0.25, -0.2) is 4.57 Å². The summed E-state index contributed by atoms with van der Waals surface area (Å²) < 4.78 is 34.7. The zero-order chi connectivity index (χ0) is 66.9. The van der Waals surface area contributed by atoms with Gasteiger partial charge in [-0.1, -0.05) is 291 Å². The molecule has 0 heterocycles. The SMILES string of the molecule is CC/C=C\C/C=C\C/C=C\C/C=C\C/C=C\C/C=C\C/C=C\C/C=C\C/C=C\C/C=C\CCCCCCCCC(=O)OC(COC(=O)CCCCCCCCCCC/C=C\C/C=C\C/C=C\C/C=C\C/C=C\C/C=C\C/C=C\CC)COP(=O)(O)OCC[N+](C)(C)C. The highest BCUT2D eigenvalue weighted by atomic mass is 31.2. The van der Waals surface area contributed by atoms with E-state index in [4.69, 9.17) is 18.5 Å². The molecule has 2 unspecified atom stereocenters. The van der Waals surface area contributed by atoms with Crippen LogP contribution in [-0.2, 0) is 32.7 Å². The number of hydrogen-bond acceptors (Lipinski definition) is 7. The van der Waals surface area contributed by atoms with E-state index in [1.54, 1.807) is 0 Å². The number of allylic oxidation sites excluding steroid dienone is 34. The summed E-state index contributed by atoms with van der Waals surface area (Å²) in [6, 6.07) is 0. The zero-order valence-corrected chi connectivity index (χ0v) is 59.6. The fourth-order valence-electron chi connectivity index (χ4n) is 8.91. The lowest BCUT2D eigenvalue weighted by atomic mass is 10.1. The van der Waals surface area contributed by atoms with Crippen molar-refractivity contribution >= 4 is 19.8 Å². The van der Waals surface area contributed by atoms with Gasteiger partial charge in [0.2, 0.25) is 0 Å². The molecule has 0 aromatic heterocycles. The largest absolute Gasteiger partial charge is 0.472 e. The lowest BCUT2D eigenvalue weighted by molar-refractivity contribution is -0.870. The van der Waals surface area contributed by atoms with Gasteiger partial charge in [0.05, 0.1) is 27.7 Å². The number of hydrogen-bond donors (Lipinski definition) is 1. The van der Waals surface area contributed by atoms with Crippen molar-refractivity contribution in [3.05, 3.63) is 207 Å². The minimum atomic E-state index is -4.42. The average Bonchev–Trinajstić information content (AvgIpc) is 2.34. The van der Waals surface area contributed by atoms with Crippen molar-refractivity contribution in [3.63, 3.8) is 0 Å². The first-order valence-corrected chi connectivity index (χ1v) is 37.3. The Morgan fingerprint density at radius 1 is 0.337 bits per heavy atom. The van der Waals surface area contributed by atoms with Gasteiger partial charge in [-0.05, 0) is 148 Å². The molecule has 0 aliphatic rings. The van der Waals surface area contributed by atoms with E-state index >= 15 is 0 Å². The van der Waals surface area contributed by atoms with E-state index in [2.05, 4.69) is 220 Å². The summed E-state index contributed by atoms with van der Waals surface area (Å²) in [6.07, 6.45) is 111. The highest BCUT2D eigenvalue weighted by Gasteiger charge is 2.27. The highest BCUT2D eigenvalue weighted by Crippen LogP contribution is 2.43. The maximum Gasteiger partial charge on any atom is 0.472 e. The third-order valence-corrected chi connectivity index (χ3v) is 15.3. The molecule has 0 amide bonds. The smallest absolute Gasteiger partial charge is 0.462 e. The number of nitrogens with zero attached hydrogens (tertiary/aromatic N) is 1. The van der Waals surface area contributed by atoms with Crippen LogP contribution >= 0.6 is 7.82 Å². The first kappa shape index (κ1) is 86.6. The quantitative estimate of drug-likeness (QED) is 0.0211. The first-order valence-electron chi connectivity index (χ1n) is 35.8.